The predicted molar refractivity (Wildman–Crippen MR) is 83.6 cm³/mol. The lowest BCUT2D eigenvalue weighted by Gasteiger charge is -2.18. The average molecular weight is 346 g/mol. The summed E-state index contributed by atoms with van der Waals surface area (Å²) in [5.74, 6) is 0.686. The number of nitrogens with one attached hydrogen (secondary N) is 1. The smallest absolute Gasteiger partial charge is 0.322 e. The van der Waals surface area contributed by atoms with Crippen molar-refractivity contribution in [2.75, 3.05) is 12.9 Å². The molecule has 0 aromatic heterocycles. The molecule has 1 aromatic rings. The molecule has 0 aliphatic heterocycles. The lowest BCUT2D eigenvalue weighted by Crippen LogP contribution is -2.41. The molecule has 0 heterocycles. The van der Waals surface area contributed by atoms with Gasteiger partial charge in [-0.3, -0.25) is 4.79 Å². The standard InChI is InChI=1S/C14H20BrNO2S/c1-10(2)16-13(14(17)18-3)8-9-19-12-6-4-11(15)5-7-12/h4-7,10,13,16H,8-9H2,1-3H3. The first kappa shape index (κ1) is 16.5. The van der Waals surface area contributed by atoms with Crippen molar-refractivity contribution in [3.63, 3.8) is 0 Å². The summed E-state index contributed by atoms with van der Waals surface area (Å²) in [5, 5.41) is 3.23. The highest BCUT2D eigenvalue weighted by molar-refractivity contribution is 9.10. The van der Waals surface area contributed by atoms with E-state index in [-0.39, 0.29) is 18.1 Å². The summed E-state index contributed by atoms with van der Waals surface area (Å²) in [7, 11) is 1.43. The van der Waals surface area contributed by atoms with Gasteiger partial charge in [0.1, 0.15) is 6.04 Å². The van der Waals surface area contributed by atoms with E-state index in [9.17, 15) is 4.79 Å². The van der Waals surface area contributed by atoms with Crippen molar-refractivity contribution in [3.8, 4) is 0 Å². The quantitative estimate of drug-likeness (QED) is 0.606. The molecule has 0 bridgehead atoms. The zero-order valence-electron chi connectivity index (χ0n) is 11.5. The minimum Gasteiger partial charge on any atom is -0.468 e. The largest absolute Gasteiger partial charge is 0.468 e. The normalized spacial score (nSPS) is 12.5. The van der Waals surface area contributed by atoms with Crippen LogP contribution in [0.3, 0.4) is 0 Å². The Morgan fingerprint density at radius 1 is 1.37 bits per heavy atom. The SMILES string of the molecule is COC(=O)C(CCSc1ccc(Br)cc1)NC(C)C. The van der Waals surface area contributed by atoms with E-state index in [1.807, 2.05) is 26.0 Å². The first-order chi connectivity index (χ1) is 9.02. The van der Waals surface area contributed by atoms with E-state index < -0.39 is 0 Å². The molecule has 0 spiro atoms. The molecule has 1 atom stereocenters. The topological polar surface area (TPSA) is 38.3 Å². The van der Waals surface area contributed by atoms with Crippen LogP contribution in [0, 0.1) is 0 Å². The number of hydrogen-bond acceptors (Lipinski definition) is 4. The van der Waals surface area contributed by atoms with Gasteiger partial charge in [0, 0.05) is 21.2 Å². The molecular formula is C14H20BrNO2S. The van der Waals surface area contributed by atoms with Crippen molar-refractivity contribution in [1.29, 1.82) is 0 Å². The molecule has 3 nitrogen and oxygen atoms in total. The van der Waals surface area contributed by atoms with Gasteiger partial charge in [0.15, 0.2) is 0 Å². The van der Waals surface area contributed by atoms with Crippen LogP contribution in [0.25, 0.3) is 0 Å². The Morgan fingerprint density at radius 2 is 2.00 bits per heavy atom. The van der Waals surface area contributed by atoms with E-state index in [1.165, 1.54) is 12.0 Å². The highest BCUT2D eigenvalue weighted by atomic mass is 79.9. The fourth-order valence-corrected chi connectivity index (χ4v) is 2.82. The molecule has 0 aliphatic carbocycles. The molecule has 0 saturated heterocycles. The molecule has 0 fully saturated rings. The Hall–Kier alpha value is -0.520. The monoisotopic (exact) mass is 345 g/mol. The number of carbonyl (C=O) groups is 1. The number of rotatable bonds is 7. The highest BCUT2D eigenvalue weighted by Gasteiger charge is 2.19. The maximum absolute atomic E-state index is 11.6. The van der Waals surface area contributed by atoms with Crippen molar-refractivity contribution in [1.82, 2.24) is 5.32 Å². The lowest BCUT2D eigenvalue weighted by molar-refractivity contribution is -0.143. The third-order valence-electron chi connectivity index (χ3n) is 2.51. The van der Waals surface area contributed by atoms with Crippen LogP contribution in [-0.4, -0.2) is 30.9 Å². The maximum atomic E-state index is 11.6. The van der Waals surface area contributed by atoms with Gasteiger partial charge in [-0.15, -0.1) is 11.8 Å². The summed E-state index contributed by atoms with van der Waals surface area (Å²) < 4.78 is 5.89. The maximum Gasteiger partial charge on any atom is 0.322 e. The van der Waals surface area contributed by atoms with Crippen molar-refractivity contribution < 1.29 is 9.53 Å². The minimum absolute atomic E-state index is 0.190. The summed E-state index contributed by atoms with van der Waals surface area (Å²) in [5.41, 5.74) is 0. The number of ether oxygens (including phenoxy) is 1. The van der Waals surface area contributed by atoms with Gasteiger partial charge in [-0.25, -0.2) is 0 Å². The zero-order chi connectivity index (χ0) is 14.3. The summed E-state index contributed by atoms with van der Waals surface area (Å²) in [6.45, 7) is 4.05. The summed E-state index contributed by atoms with van der Waals surface area (Å²) in [4.78, 5) is 12.8. The lowest BCUT2D eigenvalue weighted by atomic mass is 10.2. The van der Waals surface area contributed by atoms with Crippen LogP contribution in [0.2, 0.25) is 0 Å². The Morgan fingerprint density at radius 3 is 2.53 bits per heavy atom. The van der Waals surface area contributed by atoms with Crippen LogP contribution < -0.4 is 5.32 Å². The van der Waals surface area contributed by atoms with Crippen molar-refractivity contribution in [2.24, 2.45) is 0 Å². The van der Waals surface area contributed by atoms with Crippen LogP contribution in [0.5, 0.6) is 0 Å². The summed E-state index contributed by atoms with van der Waals surface area (Å²) >= 11 is 5.16. The molecule has 0 aliphatic rings. The van der Waals surface area contributed by atoms with Crippen LogP contribution in [0.15, 0.2) is 33.6 Å². The van der Waals surface area contributed by atoms with Crippen LogP contribution in [0.1, 0.15) is 20.3 Å². The number of thioether (sulfide) groups is 1. The fraction of sp³-hybridized carbons (Fsp3) is 0.500. The molecule has 0 radical (unpaired) electrons. The van der Waals surface area contributed by atoms with E-state index in [2.05, 4.69) is 33.4 Å². The predicted octanol–water partition coefficient (Wildman–Crippen LogP) is 3.47. The second-order valence-corrected chi connectivity index (χ2v) is 6.57. The van der Waals surface area contributed by atoms with Gasteiger partial charge in [-0.2, -0.15) is 0 Å². The second-order valence-electron chi connectivity index (χ2n) is 4.49. The van der Waals surface area contributed by atoms with Gasteiger partial charge >= 0.3 is 5.97 Å². The number of hydrogen-bond donors (Lipinski definition) is 1. The third kappa shape index (κ3) is 6.45. The second kappa shape index (κ2) is 8.61. The van der Waals surface area contributed by atoms with E-state index in [1.54, 1.807) is 11.8 Å². The van der Waals surface area contributed by atoms with Gasteiger partial charge in [0.2, 0.25) is 0 Å². The number of carbonyl (C=O) groups excluding carboxylic acids is 1. The molecule has 0 amide bonds. The molecule has 0 saturated carbocycles. The van der Waals surface area contributed by atoms with E-state index >= 15 is 0 Å². The number of methoxy groups -OCH3 is 1. The molecule has 1 aromatic carbocycles. The molecule has 1 rings (SSSR count). The van der Waals surface area contributed by atoms with E-state index in [0.717, 1.165) is 16.6 Å². The van der Waals surface area contributed by atoms with E-state index in [4.69, 9.17) is 4.74 Å². The van der Waals surface area contributed by atoms with Crippen LogP contribution >= 0.6 is 27.7 Å². The summed E-state index contributed by atoms with van der Waals surface area (Å²) in [6, 6.07) is 8.21. The number of benzene rings is 1. The van der Waals surface area contributed by atoms with Crippen molar-refractivity contribution in [3.05, 3.63) is 28.7 Å². The van der Waals surface area contributed by atoms with Gasteiger partial charge in [-0.1, -0.05) is 29.8 Å². The Kier molecular flexibility index (Phi) is 7.49. The molecule has 5 heteroatoms. The van der Waals surface area contributed by atoms with Crippen molar-refractivity contribution in [2.45, 2.75) is 37.2 Å². The zero-order valence-corrected chi connectivity index (χ0v) is 13.9. The molecule has 106 valence electrons. The molecular weight excluding hydrogens is 326 g/mol. The van der Waals surface area contributed by atoms with E-state index in [0.29, 0.717) is 0 Å². The highest BCUT2D eigenvalue weighted by Crippen LogP contribution is 2.21. The Bertz CT molecular complexity index is 395. The van der Waals surface area contributed by atoms with Gasteiger partial charge in [-0.05, 0) is 30.7 Å². The molecule has 1 unspecified atom stereocenters. The van der Waals surface area contributed by atoms with Gasteiger partial charge in [0.05, 0.1) is 7.11 Å². The fourth-order valence-electron chi connectivity index (χ4n) is 1.64. The third-order valence-corrected chi connectivity index (χ3v) is 4.08. The van der Waals surface area contributed by atoms with Crippen LogP contribution in [-0.2, 0) is 9.53 Å². The first-order valence-electron chi connectivity index (χ1n) is 6.25. The first-order valence-corrected chi connectivity index (χ1v) is 8.03. The van der Waals surface area contributed by atoms with Gasteiger partial charge in [0.25, 0.3) is 0 Å². The summed E-state index contributed by atoms with van der Waals surface area (Å²) in [6.07, 6.45) is 0.756. The molecule has 19 heavy (non-hydrogen) atoms. The molecule has 1 N–H and O–H groups in total. The van der Waals surface area contributed by atoms with Gasteiger partial charge < -0.3 is 10.1 Å². The Labute approximate surface area is 127 Å². The number of esters is 1. The minimum atomic E-state index is -0.229. The average Bonchev–Trinajstić information content (AvgIpc) is 2.38. The Balaban J connectivity index is 2.43. The van der Waals surface area contributed by atoms with Crippen molar-refractivity contribution >= 4 is 33.7 Å². The number of halogens is 1. The van der Waals surface area contributed by atoms with Crippen LogP contribution in [0.4, 0.5) is 0 Å².